The summed E-state index contributed by atoms with van der Waals surface area (Å²) < 4.78 is 25.2. The maximum absolute atomic E-state index is 12.6. The minimum absolute atomic E-state index is 0.0658. The molecule has 0 spiro atoms. The smallest absolute Gasteiger partial charge is 0.246 e. The van der Waals surface area contributed by atoms with E-state index in [1.807, 2.05) is 0 Å². The van der Waals surface area contributed by atoms with E-state index in [0.29, 0.717) is 19.6 Å². The van der Waals surface area contributed by atoms with E-state index in [0.717, 1.165) is 0 Å². The van der Waals surface area contributed by atoms with Crippen molar-refractivity contribution in [3.8, 4) is 0 Å². The largest absolute Gasteiger partial charge is 0.333 e. The second kappa shape index (κ2) is 5.78. The minimum atomic E-state index is -2.39. The number of halogens is 2. The highest BCUT2D eigenvalue weighted by atomic mass is 19.3. The second-order valence-electron chi connectivity index (χ2n) is 5.63. The molecule has 0 radical (unpaired) electrons. The standard InChI is InChI=1S/C13H22F2N2O/c1-5-12(18)17-7-6-16(13(2,3)4)9-10(17)8-11(14)15/h5,10-11H,1,6-9H2,2-4H3. The number of carbonyl (C=O) groups is 1. The van der Waals surface area contributed by atoms with Crippen LogP contribution in [0.3, 0.4) is 0 Å². The molecule has 1 amide bonds. The summed E-state index contributed by atoms with van der Waals surface area (Å²) in [6, 6.07) is -0.427. The second-order valence-corrected chi connectivity index (χ2v) is 5.63. The average molecular weight is 260 g/mol. The van der Waals surface area contributed by atoms with E-state index in [1.54, 1.807) is 0 Å². The maximum atomic E-state index is 12.6. The van der Waals surface area contributed by atoms with Gasteiger partial charge in [0.2, 0.25) is 12.3 Å². The summed E-state index contributed by atoms with van der Waals surface area (Å²) >= 11 is 0. The van der Waals surface area contributed by atoms with Crippen LogP contribution in [0.5, 0.6) is 0 Å². The highest BCUT2D eigenvalue weighted by Crippen LogP contribution is 2.23. The maximum Gasteiger partial charge on any atom is 0.246 e. The summed E-state index contributed by atoms with van der Waals surface area (Å²) in [5, 5.41) is 0. The molecule has 18 heavy (non-hydrogen) atoms. The van der Waals surface area contributed by atoms with E-state index in [-0.39, 0.29) is 17.9 Å². The zero-order chi connectivity index (χ0) is 13.9. The molecule has 1 fully saturated rings. The predicted octanol–water partition coefficient (Wildman–Crippen LogP) is 2.14. The lowest BCUT2D eigenvalue weighted by atomic mass is 10.0. The number of hydrogen-bond acceptors (Lipinski definition) is 2. The third kappa shape index (κ3) is 3.77. The van der Waals surface area contributed by atoms with Gasteiger partial charge in [-0.2, -0.15) is 0 Å². The molecule has 0 saturated carbocycles. The van der Waals surface area contributed by atoms with Crippen molar-refractivity contribution in [1.29, 1.82) is 0 Å². The van der Waals surface area contributed by atoms with Crippen LogP contribution in [0.1, 0.15) is 27.2 Å². The summed E-state index contributed by atoms with van der Waals surface area (Å²) in [6.45, 7) is 11.3. The molecule has 0 N–H and O–H groups in total. The zero-order valence-corrected chi connectivity index (χ0v) is 11.3. The van der Waals surface area contributed by atoms with Gasteiger partial charge in [0.05, 0.1) is 6.04 Å². The Morgan fingerprint density at radius 1 is 1.44 bits per heavy atom. The zero-order valence-electron chi connectivity index (χ0n) is 11.3. The van der Waals surface area contributed by atoms with Crippen molar-refractivity contribution in [2.45, 2.75) is 45.2 Å². The van der Waals surface area contributed by atoms with Gasteiger partial charge in [-0.25, -0.2) is 8.78 Å². The quantitative estimate of drug-likeness (QED) is 0.726. The van der Waals surface area contributed by atoms with Crippen LogP contribution < -0.4 is 0 Å². The Morgan fingerprint density at radius 2 is 2.06 bits per heavy atom. The van der Waals surface area contributed by atoms with Crippen molar-refractivity contribution < 1.29 is 13.6 Å². The highest BCUT2D eigenvalue weighted by Gasteiger charge is 2.35. The molecule has 1 rings (SSSR count). The van der Waals surface area contributed by atoms with E-state index in [1.165, 1.54) is 11.0 Å². The first-order valence-corrected chi connectivity index (χ1v) is 6.22. The van der Waals surface area contributed by atoms with Crippen LogP contribution in [0.25, 0.3) is 0 Å². The number of nitrogens with zero attached hydrogens (tertiary/aromatic N) is 2. The lowest BCUT2D eigenvalue weighted by Gasteiger charge is -2.46. The Balaban J connectivity index is 2.79. The van der Waals surface area contributed by atoms with Gasteiger partial charge in [0.15, 0.2) is 0 Å². The molecule has 5 heteroatoms. The van der Waals surface area contributed by atoms with Gasteiger partial charge < -0.3 is 4.90 Å². The molecule has 1 aliphatic rings. The Bertz CT molecular complexity index is 313. The number of carbonyl (C=O) groups excluding carboxylic acids is 1. The molecule has 0 aromatic heterocycles. The van der Waals surface area contributed by atoms with E-state index >= 15 is 0 Å². The molecule has 1 saturated heterocycles. The Kier molecular flexibility index (Phi) is 4.85. The molecule has 1 atom stereocenters. The normalized spacial score (nSPS) is 22.3. The van der Waals surface area contributed by atoms with Gasteiger partial charge in [0, 0.05) is 31.6 Å². The van der Waals surface area contributed by atoms with E-state index < -0.39 is 12.5 Å². The summed E-state index contributed by atoms with van der Waals surface area (Å²) in [4.78, 5) is 15.3. The van der Waals surface area contributed by atoms with Crippen molar-refractivity contribution in [2.75, 3.05) is 19.6 Å². The number of alkyl halides is 2. The monoisotopic (exact) mass is 260 g/mol. The molecular weight excluding hydrogens is 238 g/mol. The van der Waals surface area contributed by atoms with Crippen LogP contribution in [-0.4, -0.2) is 53.3 Å². The molecule has 1 unspecified atom stereocenters. The van der Waals surface area contributed by atoms with Crippen molar-refractivity contribution >= 4 is 5.91 Å². The fourth-order valence-electron chi connectivity index (χ4n) is 2.28. The Morgan fingerprint density at radius 3 is 2.50 bits per heavy atom. The lowest BCUT2D eigenvalue weighted by molar-refractivity contribution is -0.133. The number of piperazine rings is 1. The minimum Gasteiger partial charge on any atom is -0.333 e. The van der Waals surface area contributed by atoms with Gasteiger partial charge in [-0.3, -0.25) is 9.69 Å². The summed E-state index contributed by atoms with van der Waals surface area (Å²) in [7, 11) is 0. The fraction of sp³-hybridized carbons (Fsp3) is 0.769. The molecule has 3 nitrogen and oxygen atoms in total. The number of hydrogen-bond donors (Lipinski definition) is 0. The third-order valence-electron chi connectivity index (χ3n) is 3.34. The molecule has 104 valence electrons. The molecule has 0 aromatic carbocycles. The molecule has 0 aliphatic carbocycles. The van der Waals surface area contributed by atoms with Crippen LogP contribution in [0, 0.1) is 0 Å². The van der Waals surface area contributed by atoms with Gasteiger partial charge >= 0.3 is 0 Å². The molecular formula is C13H22F2N2O. The first kappa shape index (κ1) is 15.1. The summed E-state index contributed by atoms with van der Waals surface area (Å²) in [5.41, 5.74) is -0.0658. The molecule has 0 aromatic rings. The van der Waals surface area contributed by atoms with Gasteiger partial charge in [-0.1, -0.05) is 6.58 Å². The van der Waals surface area contributed by atoms with Crippen LogP contribution in [0.2, 0.25) is 0 Å². The van der Waals surface area contributed by atoms with Gasteiger partial charge in [0.1, 0.15) is 0 Å². The third-order valence-corrected chi connectivity index (χ3v) is 3.34. The average Bonchev–Trinajstić information content (AvgIpc) is 2.26. The van der Waals surface area contributed by atoms with Gasteiger partial charge in [0.25, 0.3) is 0 Å². The van der Waals surface area contributed by atoms with Crippen molar-refractivity contribution in [1.82, 2.24) is 9.80 Å². The molecule has 1 heterocycles. The van der Waals surface area contributed by atoms with Crippen LogP contribution >= 0.6 is 0 Å². The fourth-order valence-corrected chi connectivity index (χ4v) is 2.28. The van der Waals surface area contributed by atoms with Crippen LogP contribution in [0.4, 0.5) is 8.78 Å². The van der Waals surface area contributed by atoms with E-state index in [2.05, 4.69) is 32.3 Å². The summed E-state index contributed by atoms with van der Waals surface area (Å²) in [5.74, 6) is -0.255. The first-order valence-electron chi connectivity index (χ1n) is 6.22. The first-order chi connectivity index (χ1) is 8.25. The predicted molar refractivity (Wildman–Crippen MR) is 67.6 cm³/mol. The number of rotatable bonds is 3. The highest BCUT2D eigenvalue weighted by molar-refractivity contribution is 5.87. The summed E-state index contributed by atoms with van der Waals surface area (Å²) in [6.07, 6.45) is -1.47. The van der Waals surface area contributed by atoms with Crippen molar-refractivity contribution in [2.24, 2.45) is 0 Å². The Labute approximate surface area is 107 Å². The lowest BCUT2D eigenvalue weighted by Crippen LogP contribution is -2.59. The van der Waals surface area contributed by atoms with E-state index in [9.17, 15) is 13.6 Å². The van der Waals surface area contributed by atoms with Crippen molar-refractivity contribution in [3.63, 3.8) is 0 Å². The van der Waals surface area contributed by atoms with Crippen LogP contribution in [0.15, 0.2) is 12.7 Å². The molecule has 1 aliphatic heterocycles. The molecule has 0 bridgehead atoms. The van der Waals surface area contributed by atoms with E-state index in [4.69, 9.17) is 0 Å². The van der Waals surface area contributed by atoms with Gasteiger partial charge in [-0.05, 0) is 26.8 Å². The van der Waals surface area contributed by atoms with Crippen LogP contribution in [-0.2, 0) is 4.79 Å². The SMILES string of the molecule is C=CC(=O)N1CCN(C(C)(C)C)CC1CC(F)F. The topological polar surface area (TPSA) is 23.6 Å². The van der Waals surface area contributed by atoms with Crippen molar-refractivity contribution in [3.05, 3.63) is 12.7 Å². The Hall–Kier alpha value is -0.970. The van der Waals surface area contributed by atoms with Gasteiger partial charge in [-0.15, -0.1) is 0 Å². The number of amides is 1.